The second kappa shape index (κ2) is 5.29. The molecular formula is C11H14ClN5O2S. The number of sulfonamides is 1. The number of nitrogens with two attached hydrogens (primary N) is 1. The van der Waals surface area contributed by atoms with E-state index in [1.54, 1.807) is 10.9 Å². The zero-order valence-corrected chi connectivity index (χ0v) is 12.5. The molecule has 0 spiro atoms. The monoisotopic (exact) mass is 315 g/mol. The van der Waals surface area contributed by atoms with Gasteiger partial charge in [0, 0.05) is 18.4 Å². The van der Waals surface area contributed by atoms with Gasteiger partial charge in [0.2, 0.25) is 0 Å². The van der Waals surface area contributed by atoms with Crippen molar-refractivity contribution in [2.45, 2.75) is 24.8 Å². The minimum atomic E-state index is -3.77. The molecule has 0 aliphatic rings. The summed E-state index contributed by atoms with van der Waals surface area (Å²) in [6.07, 6.45) is 4.19. The van der Waals surface area contributed by atoms with Gasteiger partial charge in [0.1, 0.15) is 10.7 Å². The van der Waals surface area contributed by atoms with Crippen LogP contribution in [0.5, 0.6) is 0 Å². The van der Waals surface area contributed by atoms with Crippen molar-refractivity contribution in [3.8, 4) is 0 Å². The number of nitrogen functional groups attached to an aromatic ring is 1. The summed E-state index contributed by atoms with van der Waals surface area (Å²) in [6.45, 7) is 3.88. The standard InChI is InChI=1S/C11H14ClN5O2S/c1-7(2)17-6-8(4-15-17)16-20(18,19)9-3-10(12)11(13)14-5-9/h3-7,16H,1-2H3,(H2,13,14). The fraction of sp³-hybridized carbons (Fsp3) is 0.273. The highest BCUT2D eigenvalue weighted by atomic mass is 35.5. The van der Waals surface area contributed by atoms with E-state index in [1.165, 1.54) is 12.3 Å². The van der Waals surface area contributed by atoms with Crippen LogP contribution in [-0.2, 0) is 10.0 Å². The van der Waals surface area contributed by atoms with Gasteiger partial charge in [-0.2, -0.15) is 5.10 Å². The van der Waals surface area contributed by atoms with Gasteiger partial charge in [-0.05, 0) is 19.9 Å². The van der Waals surface area contributed by atoms with Gasteiger partial charge < -0.3 is 5.73 Å². The fourth-order valence-corrected chi connectivity index (χ4v) is 2.69. The fourth-order valence-electron chi connectivity index (χ4n) is 1.47. The summed E-state index contributed by atoms with van der Waals surface area (Å²) in [7, 11) is -3.77. The molecule has 0 saturated carbocycles. The van der Waals surface area contributed by atoms with E-state index >= 15 is 0 Å². The van der Waals surface area contributed by atoms with Crippen LogP contribution >= 0.6 is 11.6 Å². The molecule has 0 unspecified atom stereocenters. The van der Waals surface area contributed by atoms with Crippen molar-refractivity contribution < 1.29 is 8.42 Å². The number of hydrogen-bond acceptors (Lipinski definition) is 5. The smallest absolute Gasteiger partial charge is 0.263 e. The van der Waals surface area contributed by atoms with Crippen molar-refractivity contribution in [3.05, 3.63) is 29.7 Å². The summed E-state index contributed by atoms with van der Waals surface area (Å²) in [6, 6.07) is 1.39. The summed E-state index contributed by atoms with van der Waals surface area (Å²) in [5.41, 5.74) is 5.82. The van der Waals surface area contributed by atoms with E-state index in [2.05, 4.69) is 14.8 Å². The number of pyridine rings is 1. The van der Waals surface area contributed by atoms with Gasteiger partial charge in [0.05, 0.1) is 16.9 Å². The van der Waals surface area contributed by atoms with Crippen LogP contribution in [0, 0.1) is 0 Å². The van der Waals surface area contributed by atoms with Crippen LogP contribution in [0.3, 0.4) is 0 Å². The molecule has 7 nitrogen and oxygen atoms in total. The Bertz CT molecular complexity index is 726. The number of nitrogens with zero attached hydrogens (tertiary/aromatic N) is 3. The summed E-state index contributed by atoms with van der Waals surface area (Å²) in [5.74, 6) is 0.0817. The highest BCUT2D eigenvalue weighted by molar-refractivity contribution is 7.92. The zero-order chi connectivity index (χ0) is 14.9. The van der Waals surface area contributed by atoms with Crippen molar-refractivity contribution in [2.24, 2.45) is 0 Å². The number of aromatic nitrogens is 3. The number of hydrogen-bond donors (Lipinski definition) is 2. The molecule has 2 rings (SSSR count). The average molecular weight is 316 g/mol. The molecule has 0 amide bonds. The number of nitrogens with one attached hydrogen (secondary N) is 1. The van der Waals surface area contributed by atoms with Crippen molar-refractivity contribution >= 4 is 33.1 Å². The van der Waals surface area contributed by atoms with Crippen molar-refractivity contribution in [3.63, 3.8) is 0 Å². The van der Waals surface area contributed by atoms with Gasteiger partial charge in [-0.1, -0.05) is 11.6 Å². The van der Waals surface area contributed by atoms with Crippen molar-refractivity contribution in [1.82, 2.24) is 14.8 Å². The first-order valence-corrected chi connectivity index (χ1v) is 7.63. The molecule has 0 radical (unpaired) electrons. The Balaban J connectivity index is 2.28. The van der Waals surface area contributed by atoms with E-state index in [-0.39, 0.29) is 21.8 Å². The van der Waals surface area contributed by atoms with Gasteiger partial charge in [0.25, 0.3) is 10.0 Å². The molecule has 2 heterocycles. The van der Waals surface area contributed by atoms with Crippen molar-refractivity contribution in [1.29, 1.82) is 0 Å². The predicted molar refractivity (Wildman–Crippen MR) is 77.1 cm³/mol. The van der Waals surface area contributed by atoms with Gasteiger partial charge in [-0.15, -0.1) is 0 Å². The zero-order valence-electron chi connectivity index (χ0n) is 10.9. The molecular weight excluding hydrogens is 302 g/mol. The number of rotatable bonds is 4. The molecule has 20 heavy (non-hydrogen) atoms. The second-order valence-corrected chi connectivity index (χ2v) is 6.54. The average Bonchev–Trinajstić information content (AvgIpc) is 2.80. The number of halogens is 1. The maximum Gasteiger partial charge on any atom is 0.263 e. The molecule has 0 aliphatic carbocycles. The lowest BCUT2D eigenvalue weighted by molar-refractivity contribution is 0.532. The Morgan fingerprint density at radius 1 is 1.40 bits per heavy atom. The molecule has 2 aromatic rings. The molecule has 9 heteroatoms. The van der Waals surface area contributed by atoms with Crippen LogP contribution in [0.15, 0.2) is 29.6 Å². The Morgan fingerprint density at radius 2 is 2.10 bits per heavy atom. The first kappa shape index (κ1) is 14.6. The van der Waals surface area contributed by atoms with E-state index in [0.717, 1.165) is 6.20 Å². The molecule has 0 saturated heterocycles. The lowest BCUT2D eigenvalue weighted by Crippen LogP contribution is -2.13. The Hall–Kier alpha value is -1.80. The van der Waals surface area contributed by atoms with Crippen LogP contribution in [0.4, 0.5) is 11.5 Å². The summed E-state index contributed by atoms with van der Waals surface area (Å²) >= 11 is 5.77. The molecule has 3 N–H and O–H groups in total. The number of anilines is 2. The minimum absolute atomic E-state index is 0.0611. The summed E-state index contributed by atoms with van der Waals surface area (Å²) in [4.78, 5) is 3.66. The first-order chi connectivity index (χ1) is 9.29. The molecule has 0 aromatic carbocycles. The summed E-state index contributed by atoms with van der Waals surface area (Å²) in [5, 5.41) is 4.14. The lowest BCUT2D eigenvalue weighted by Gasteiger charge is -2.07. The van der Waals surface area contributed by atoms with Crippen LogP contribution in [-0.4, -0.2) is 23.2 Å². The Labute approximate surface area is 121 Å². The van der Waals surface area contributed by atoms with Crippen LogP contribution < -0.4 is 10.5 Å². The van der Waals surface area contributed by atoms with Crippen LogP contribution in [0.2, 0.25) is 5.02 Å². The van der Waals surface area contributed by atoms with Crippen LogP contribution in [0.25, 0.3) is 0 Å². The topological polar surface area (TPSA) is 103 Å². The summed E-state index contributed by atoms with van der Waals surface area (Å²) < 4.78 is 28.4. The third-order valence-corrected chi connectivity index (χ3v) is 4.19. The van der Waals surface area contributed by atoms with E-state index in [0.29, 0.717) is 5.69 Å². The van der Waals surface area contributed by atoms with Gasteiger partial charge in [-0.25, -0.2) is 13.4 Å². The Morgan fingerprint density at radius 3 is 2.65 bits per heavy atom. The van der Waals surface area contributed by atoms with Gasteiger partial charge in [0.15, 0.2) is 0 Å². The Kier molecular flexibility index (Phi) is 3.87. The second-order valence-electron chi connectivity index (χ2n) is 4.45. The third-order valence-electron chi connectivity index (χ3n) is 2.54. The SMILES string of the molecule is CC(C)n1cc(NS(=O)(=O)c2cnc(N)c(Cl)c2)cn1. The maximum absolute atomic E-state index is 12.2. The molecule has 2 aromatic heterocycles. The predicted octanol–water partition coefficient (Wildman–Crippen LogP) is 1.90. The normalized spacial score (nSPS) is 11.8. The van der Waals surface area contributed by atoms with E-state index in [1.807, 2.05) is 13.8 Å². The van der Waals surface area contributed by atoms with Gasteiger partial charge >= 0.3 is 0 Å². The molecule has 0 atom stereocenters. The lowest BCUT2D eigenvalue weighted by atomic mass is 10.4. The van der Waals surface area contributed by atoms with E-state index in [4.69, 9.17) is 17.3 Å². The van der Waals surface area contributed by atoms with Gasteiger partial charge in [-0.3, -0.25) is 9.40 Å². The minimum Gasteiger partial charge on any atom is -0.382 e. The first-order valence-electron chi connectivity index (χ1n) is 5.77. The van der Waals surface area contributed by atoms with E-state index in [9.17, 15) is 8.42 Å². The third kappa shape index (κ3) is 3.02. The van der Waals surface area contributed by atoms with Crippen molar-refractivity contribution in [2.75, 3.05) is 10.5 Å². The maximum atomic E-state index is 12.2. The quantitative estimate of drug-likeness (QED) is 0.897. The highest BCUT2D eigenvalue weighted by Crippen LogP contribution is 2.22. The largest absolute Gasteiger partial charge is 0.382 e. The van der Waals surface area contributed by atoms with E-state index < -0.39 is 10.0 Å². The molecule has 0 bridgehead atoms. The molecule has 108 valence electrons. The molecule has 0 aliphatic heterocycles. The van der Waals surface area contributed by atoms with Crippen LogP contribution in [0.1, 0.15) is 19.9 Å². The highest BCUT2D eigenvalue weighted by Gasteiger charge is 2.17. The molecule has 0 fully saturated rings.